The second-order valence-corrected chi connectivity index (χ2v) is 8.19. The largest absolute Gasteiger partial charge is 0.356 e. The van der Waals surface area contributed by atoms with Gasteiger partial charge >= 0.3 is 6.03 Å². The molecule has 0 fully saturated rings. The second kappa shape index (κ2) is 7.61. The van der Waals surface area contributed by atoms with Crippen molar-refractivity contribution < 1.29 is 9.18 Å². The number of H-pyrrole nitrogens is 1. The molecule has 1 atom stereocenters. The number of carbonyl (C=O) groups is 1. The number of amides is 2. The summed E-state index contributed by atoms with van der Waals surface area (Å²) in [6, 6.07) is 21.4. The van der Waals surface area contributed by atoms with Crippen LogP contribution < -0.4 is 5.32 Å². The Kier molecular flexibility index (Phi) is 4.79. The highest BCUT2D eigenvalue weighted by molar-refractivity contribution is 9.10. The fraction of sp³-hybridized carbons (Fsp3) is 0.125. The third-order valence-electron chi connectivity index (χ3n) is 5.61. The molecular formula is C24H19BrFN3O. The topological polar surface area (TPSA) is 48.1 Å². The maximum absolute atomic E-state index is 14.9. The molecule has 0 unspecified atom stereocenters. The number of aromatic amines is 1. The smallest absolute Gasteiger partial charge is 0.322 e. The molecule has 1 aromatic heterocycles. The molecule has 6 heteroatoms. The van der Waals surface area contributed by atoms with Gasteiger partial charge in [0.15, 0.2) is 0 Å². The van der Waals surface area contributed by atoms with Crippen molar-refractivity contribution in [1.82, 2.24) is 9.88 Å². The summed E-state index contributed by atoms with van der Waals surface area (Å²) in [5.74, 6) is -0.326. The Morgan fingerprint density at radius 1 is 1.03 bits per heavy atom. The van der Waals surface area contributed by atoms with E-state index in [1.165, 1.54) is 6.07 Å². The van der Waals surface area contributed by atoms with Gasteiger partial charge in [-0.25, -0.2) is 9.18 Å². The molecule has 0 radical (unpaired) electrons. The molecule has 1 aliphatic heterocycles. The maximum Gasteiger partial charge on any atom is 0.322 e. The van der Waals surface area contributed by atoms with Crippen LogP contribution in [0.5, 0.6) is 0 Å². The molecule has 150 valence electrons. The minimum Gasteiger partial charge on any atom is -0.356 e. The second-order valence-electron chi connectivity index (χ2n) is 7.34. The Labute approximate surface area is 181 Å². The summed E-state index contributed by atoms with van der Waals surface area (Å²) in [5.41, 5.74) is 4.17. The van der Waals surface area contributed by atoms with E-state index in [1.54, 1.807) is 23.1 Å². The van der Waals surface area contributed by atoms with Gasteiger partial charge in [0, 0.05) is 33.2 Å². The Morgan fingerprint density at radius 3 is 2.60 bits per heavy atom. The zero-order valence-electron chi connectivity index (χ0n) is 16.0. The molecule has 2 heterocycles. The Bertz CT molecular complexity index is 1250. The molecule has 0 spiro atoms. The molecule has 3 aromatic carbocycles. The predicted molar refractivity (Wildman–Crippen MR) is 120 cm³/mol. The molecule has 2 amide bonds. The van der Waals surface area contributed by atoms with Crippen LogP contribution in [-0.2, 0) is 6.42 Å². The fourth-order valence-electron chi connectivity index (χ4n) is 4.23. The predicted octanol–water partition coefficient (Wildman–Crippen LogP) is 6.25. The van der Waals surface area contributed by atoms with Gasteiger partial charge in [0.2, 0.25) is 0 Å². The van der Waals surface area contributed by atoms with Crippen molar-refractivity contribution in [3.63, 3.8) is 0 Å². The van der Waals surface area contributed by atoms with Crippen molar-refractivity contribution in [1.29, 1.82) is 0 Å². The molecule has 0 saturated carbocycles. The van der Waals surface area contributed by atoms with Gasteiger partial charge in [0.1, 0.15) is 11.9 Å². The molecule has 5 rings (SSSR count). The van der Waals surface area contributed by atoms with E-state index in [-0.39, 0.29) is 11.8 Å². The van der Waals surface area contributed by atoms with Gasteiger partial charge in [0.05, 0.1) is 5.69 Å². The van der Waals surface area contributed by atoms with E-state index in [0.717, 1.165) is 26.6 Å². The number of aromatic nitrogens is 1. The van der Waals surface area contributed by atoms with E-state index in [0.29, 0.717) is 24.2 Å². The number of hydrogen-bond acceptors (Lipinski definition) is 1. The minimum absolute atomic E-state index is 0.264. The van der Waals surface area contributed by atoms with E-state index in [1.807, 2.05) is 42.5 Å². The van der Waals surface area contributed by atoms with Crippen LogP contribution in [0.3, 0.4) is 0 Å². The number of para-hydroxylation sites is 2. The van der Waals surface area contributed by atoms with Crippen molar-refractivity contribution >= 4 is 38.6 Å². The number of carbonyl (C=O) groups excluding carboxylic acids is 1. The number of hydrogen-bond donors (Lipinski definition) is 2. The van der Waals surface area contributed by atoms with Crippen LogP contribution in [0, 0.1) is 5.82 Å². The summed E-state index contributed by atoms with van der Waals surface area (Å²) >= 11 is 3.47. The molecular weight excluding hydrogens is 445 g/mol. The van der Waals surface area contributed by atoms with Crippen molar-refractivity contribution in [2.75, 3.05) is 11.9 Å². The molecule has 1 aliphatic rings. The van der Waals surface area contributed by atoms with Gasteiger partial charge < -0.3 is 15.2 Å². The molecule has 0 aliphatic carbocycles. The monoisotopic (exact) mass is 463 g/mol. The van der Waals surface area contributed by atoms with Crippen LogP contribution in [0.1, 0.15) is 22.9 Å². The van der Waals surface area contributed by atoms with Crippen LogP contribution in [0.25, 0.3) is 10.9 Å². The standard InChI is InChI=1S/C24H19BrFN3O/c25-18-9-3-6-12-21(18)28-24(30)29-14-13-16-15-7-2-5-11-20(15)27-22(16)23(29)17-8-1-4-10-19(17)26/h1-12,23,27H,13-14H2,(H,28,30)/t23-/m0/s1. The first-order valence-electron chi connectivity index (χ1n) is 9.79. The summed E-state index contributed by atoms with van der Waals surface area (Å²) in [4.78, 5) is 18.5. The van der Waals surface area contributed by atoms with Gasteiger partial charge in [-0.2, -0.15) is 0 Å². The lowest BCUT2D eigenvalue weighted by Gasteiger charge is -2.36. The third kappa shape index (κ3) is 3.17. The number of nitrogens with zero attached hydrogens (tertiary/aromatic N) is 1. The van der Waals surface area contributed by atoms with Crippen LogP contribution in [0.4, 0.5) is 14.9 Å². The van der Waals surface area contributed by atoms with Crippen LogP contribution in [0.2, 0.25) is 0 Å². The molecule has 30 heavy (non-hydrogen) atoms. The highest BCUT2D eigenvalue weighted by Gasteiger charge is 2.36. The maximum atomic E-state index is 14.9. The van der Waals surface area contributed by atoms with E-state index in [9.17, 15) is 9.18 Å². The first-order chi connectivity index (χ1) is 14.6. The summed E-state index contributed by atoms with van der Waals surface area (Å²) in [5, 5.41) is 4.09. The number of fused-ring (bicyclic) bond motifs is 3. The van der Waals surface area contributed by atoms with E-state index >= 15 is 0 Å². The van der Waals surface area contributed by atoms with Gasteiger partial charge in [-0.1, -0.05) is 48.5 Å². The van der Waals surface area contributed by atoms with E-state index < -0.39 is 6.04 Å². The highest BCUT2D eigenvalue weighted by Crippen LogP contribution is 2.39. The molecule has 4 nitrogen and oxygen atoms in total. The SMILES string of the molecule is O=C(Nc1ccccc1Br)N1CCc2c([nH]c3ccccc23)[C@@H]1c1ccccc1F. The van der Waals surface area contributed by atoms with E-state index in [2.05, 4.69) is 32.3 Å². The summed E-state index contributed by atoms with van der Waals surface area (Å²) in [6.07, 6.45) is 0.702. The van der Waals surface area contributed by atoms with Gasteiger partial charge in [0.25, 0.3) is 0 Å². The van der Waals surface area contributed by atoms with Gasteiger partial charge in [-0.3, -0.25) is 0 Å². The summed E-state index contributed by atoms with van der Waals surface area (Å²) in [6.45, 7) is 0.490. The third-order valence-corrected chi connectivity index (χ3v) is 6.30. The lowest BCUT2D eigenvalue weighted by molar-refractivity contribution is 0.192. The van der Waals surface area contributed by atoms with Gasteiger partial charge in [-0.15, -0.1) is 0 Å². The number of nitrogens with one attached hydrogen (secondary N) is 2. The van der Waals surface area contributed by atoms with Crippen molar-refractivity contribution in [2.45, 2.75) is 12.5 Å². The van der Waals surface area contributed by atoms with Crippen LogP contribution in [0.15, 0.2) is 77.3 Å². The summed E-state index contributed by atoms with van der Waals surface area (Å²) in [7, 11) is 0. The highest BCUT2D eigenvalue weighted by atomic mass is 79.9. The lowest BCUT2D eigenvalue weighted by Crippen LogP contribution is -2.43. The van der Waals surface area contributed by atoms with Crippen LogP contribution >= 0.6 is 15.9 Å². The quantitative estimate of drug-likeness (QED) is 0.362. The average molecular weight is 464 g/mol. The minimum atomic E-state index is -0.537. The molecule has 2 N–H and O–H groups in total. The number of rotatable bonds is 2. The van der Waals surface area contributed by atoms with E-state index in [4.69, 9.17) is 0 Å². The number of benzene rings is 3. The van der Waals surface area contributed by atoms with Crippen molar-refractivity contribution in [3.05, 3.63) is 99.9 Å². The number of urea groups is 1. The first-order valence-corrected chi connectivity index (χ1v) is 10.6. The van der Waals surface area contributed by atoms with Crippen molar-refractivity contribution in [2.24, 2.45) is 0 Å². The number of anilines is 1. The Morgan fingerprint density at radius 2 is 1.77 bits per heavy atom. The normalized spacial score (nSPS) is 15.8. The van der Waals surface area contributed by atoms with Crippen LogP contribution in [-0.4, -0.2) is 22.5 Å². The fourth-order valence-corrected chi connectivity index (χ4v) is 4.61. The van der Waals surface area contributed by atoms with Gasteiger partial charge in [-0.05, 0) is 52.2 Å². The molecule has 0 bridgehead atoms. The number of halogens is 2. The summed E-state index contributed by atoms with van der Waals surface area (Å²) < 4.78 is 15.7. The zero-order valence-corrected chi connectivity index (χ0v) is 17.6. The lowest BCUT2D eigenvalue weighted by atomic mass is 9.92. The zero-order chi connectivity index (χ0) is 20.7. The molecule has 0 saturated heterocycles. The first kappa shape index (κ1) is 18.9. The molecule has 4 aromatic rings. The Hall–Kier alpha value is -3.12. The Balaban J connectivity index is 1.61. The van der Waals surface area contributed by atoms with Crippen molar-refractivity contribution in [3.8, 4) is 0 Å². The average Bonchev–Trinajstić information content (AvgIpc) is 3.14.